The first-order chi connectivity index (χ1) is 19.3. The lowest BCUT2D eigenvalue weighted by atomic mass is 9.88. The van der Waals surface area contributed by atoms with Crippen molar-refractivity contribution in [3.8, 4) is 12.1 Å². The molecule has 0 radical (unpaired) electrons. The second kappa shape index (κ2) is 9.87. The van der Waals surface area contributed by atoms with E-state index in [4.69, 9.17) is 4.42 Å². The first-order valence-corrected chi connectivity index (χ1v) is 13.7. The minimum atomic E-state index is -0.370. The van der Waals surface area contributed by atoms with E-state index in [2.05, 4.69) is 28.1 Å². The number of aromatic nitrogens is 3. The predicted molar refractivity (Wildman–Crippen MR) is 152 cm³/mol. The first-order valence-electron chi connectivity index (χ1n) is 13.7. The van der Waals surface area contributed by atoms with Gasteiger partial charge < -0.3 is 18.8 Å². The van der Waals surface area contributed by atoms with Crippen molar-refractivity contribution < 1.29 is 4.42 Å². The molecule has 0 aliphatic heterocycles. The van der Waals surface area contributed by atoms with Crippen LogP contribution in [-0.4, -0.2) is 39.8 Å². The van der Waals surface area contributed by atoms with Crippen LogP contribution in [0.1, 0.15) is 49.8 Å². The van der Waals surface area contributed by atoms with Crippen LogP contribution in [0.15, 0.2) is 44.3 Å². The van der Waals surface area contributed by atoms with Crippen molar-refractivity contribution in [1.82, 2.24) is 14.1 Å². The van der Waals surface area contributed by atoms with Gasteiger partial charge in [-0.25, -0.2) is 9.78 Å². The van der Waals surface area contributed by atoms with Gasteiger partial charge in [0.2, 0.25) is 0 Å². The molecule has 1 aromatic carbocycles. The van der Waals surface area contributed by atoms with Crippen LogP contribution in [0.2, 0.25) is 0 Å². The summed E-state index contributed by atoms with van der Waals surface area (Å²) in [6.45, 7) is 0.932. The standard InChI is InChI=1S/C30H31N7O3/c1-34(27-22(16-32)29(38)35(2)23-14-9-19(15-31)33-26(23)27)20-10-12-21(13-11-20)37(17-18-7-8-18)25-6-4-5-24-28(25)40-30(39)36(24)3/h4-6,9,14,18,20-21H,7-8,10-13,17H2,1-3H3/t20-,21+. The maximum absolute atomic E-state index is 13.1. The fourth-order valence-corrected chi connectivity index (χ4v) is 6.22. The van der Waals surface area contributed by atoms with Crippen LogP contribution in [-0.2, 0) is 14.1 Å². The lowest BCUT2D eigenvalue weighted by Crippen LogP contribution is -2.44. The molecule has 6 rings (SSSR count). The Balaban J connectivity index is 1.32. The zero-order chi connectivity index (χ0) is 28.1. The number of benzene rings is 1. The van der Waals surface area contributed by atoms with E-state index in [1.54, 1.807) is 30.8 Å². The molecular weight excluding hydrogens is 506 g/mol. The minimum Gasteiger partial charge on any atom is -0.405 e. The molecule has 2 aliphatic carbocycles. The summed E-state index contributed by atoms with van der Waals surface area (Å²) < 4.78 is 8.67. The van der Waals surface area contributed by atoms with Crippen LogP contribution in [0.4, 0.5) is 11.4 Å². The van der Waals surface area contributed by atoms with E-state index in [0.717, 1.165) is 43.4 Å². The third-order valence-electron chi connectivity index (χ3n) is 8.71. The van der Waals surface area contributed by atoms with Crippen LogP contribution in [0.5, 0.6) is 0 Å². The van der Waals surface area contributed by atoms with Crippen molar-refractivity contribution in [2.24, 2.45) is 20.0 Å². The Hall–Kier alpha value is -4.57. The van der Waals surface area contributed by atoms with Crippen molar-refractivity contribution in [2.75, 3.05) is 23.4 Å². The van der Waals surface area contributed by atoms with E-state index in [1.807, 2.05) is 24.1 Å². The molecular formula is C30H31N7O3. The van der Waals surface area contributed by atoms with E-state index in [1.165, 1.54) is 17.4 Å². The molecule has 10 heteroatoms. The summed E-state index contributed by atoms with van der Waals surface area (Å²) in [5.74, 6) is 0.290. The normalized spacial score (nSPS) is 18.9. The highest BCUT2D eigenvalue weighted by Gasteiger charge is 2.34. The summed E-state index contributed by atoms with van der Waals surface area (Å²) >= 11 is 0. The van der Waals surface area contributed by atoms with Crippen LogP contribution in [0, 0.1) is 28.6 Å². The van der Waals surface area contributed by atoms with Gasteiger partial charge in [0, 0.05) is 39.8 Å². The van der Waals surface area contributed by atoms with Crippen molar-refractivity contribution in [1.29, 1.82) is 10.5 Å². The first kappa shape index (κ1) is 25.7. The van der Waals surface area contributed by atoms with Gasteiger partial charge in [-0.3, -0.25) is 9.36 Å². The van der Waals surface area contributed by atoms with Gasteiger partial charge in [-0.2, -0.15) is 10.5 Å². The van der Waals surface area contributed by atoms with Gasteiger partial charge in [-0.15, -0.1) is 0 Å². The molecule has 0 unspecified atom stereocenters. The Morgan fingerprint density at radius 1 is 0.950 bits per heavy atom. The lowest BCUT2D eigenvalue weighted by molar-refractivity contribution is 0.364. The number of oxazole rings is 1. The molecule has 4 aromatic rings. The highest BCUT2D eigenvalue weighted by atomic mass is 16.4. The Kier molecular flexibility index (Phi) is 6.34. The number of anilines is 2. The van der Waals surface area contributed by atoms with E-state index in [-0.39, 0.29) is 34.7 Å². The Labute approximate surface area is 231 Å². The van der Waals surface area contributed by atoms with E-state index < -0.39 is 0 Å². The SMILES string of the molecule is Cn1c(=O)c(C#N)c(N(C)[C@H]2CC[C@@H](N(CC3CC3)c3cccc4c3oc(=O)n4C)CC2)c2nc(C#N)ccc21. The highest BCUT2D eigenvalue weighted by molar-refractivity contribution is 5.92. The molecule has 2 fully saturated rings. The Bertz CT molecular complexity index is 1830. The highest BCUT2D eigenvalue weighted by Crippen LogP contribution is 2.39. The molecule has 2 aliphatic rings. The average molecular weight is 538 g/mol. The maximum Gasteiger partial charge on any atom is 0.419 e. The van der Waals surface area contributed by atoms with E-state index in [0.29, 0.717) is 28.2 Å². The Morgan fingerprint density at radius 2 is 1.68 bits per heavy atom. The van der Waals surface area contributed by atoms with Gasteiger partial charge in [-0.05, 0) is 68.7 Å². The maximum atomic E-state index is 13.1. The molecule has 0 saturated heterocycles. The van der Waals surface area contributed by atoms with E-state index >= 15 is 0 Å². The molecule has 204 valence electrons. The molecule has 40 heavy (non-hydrogen) atoms. The third kappa shape index (κ3) is 4.21. The number of hydrogen-bond acceptors (Lipinski definition) is 8. The molecule has 3 heterocycles. The van der Waals surface area contributed by atoms with Crippen LogP contribution in [0.25, 0.3) is 22.1 Å². The number of rotatable bonds is 6. The zero-order valence-corrected chi connectivity index (χ0v) is 22.9. The van der Waals surface area contributed by atoms with Crippen molar-refractivity contribution in [3.05, 3.63) is 62.5 Å². The molecule has 2 saturated carbocycles. The van der Waals surface area contributed by atoms with Gasteiger partial charge in [0.05, 0.1) is 22.4 Å². The van der Waals surface area contributed by atoms with Crippen molar-refractivity contribution in [2.45, 2.75) is 50.6 Å². The molecule has 0 amide bonds. The number of aryl methyl sites for hydroxylation is 2. The predicted octanol–water partition coefficient (Wildman–Crippen LogP) is 3.79. The summed E-state index contributed by atoms with van der Waals surface area (Å²) in [7, 11) is 5.27. The summed E-state index contributed by atoms with van der Waals surface area (Å²) in [6.07, 6.45) is 5.97. The summed E-state index contributed by atoms with van der Waals surface area (Å²) in [5.41, 5.74) is 3.89. The number of para-hydroxylation sites is 1. The lowest BCUT2D eigenvalue weighted by Gasteiger charge is -2.41. The van der Waals surface area contributed by atoms with E-state index in [9.17, 15) is 20.1 Å². The monoisotopic (exact) mass is 537 g/mol. The average Bonchev–Trinajstić information content (AvgIpc) is 3.76. The summed E-state index contributed by atoms with van der Waals surface area (Å²) in [6, 6.07) is 13.8. The van der Waals surface area contributed by atoms with Gasteiger partial charge in [0.15, 0.2) is 5.58 Å². The second-order valence-electron chi connectivity index (χ2n) is 11.1. The molecule has 0 spiro atoms. The molecule has 3 aromatic heterocycles. The minimum absolute atomic E-state index is 0.0448. The second-order valence-corrected chi connectivity index (χ2v) is 11.1. The fraction of sp³-hybridized carbons (Fsp3) is 0.433. The van der Waals surface area contributed by atoms with Gasteiger partial charge in [0.25, 0.3) is 5.56 Å². The number of nitriles is 2. The molecule has 0 N–H and O–H groups in total. The fourth-order valence-electron chi connectivity index (χ4n) is 6.22. The van der Waals surface area contributed by atoms with Crippen LogP contribution in [0.3, 0.4) is 0 Å². The topological polar surface area (TPSA) is 124 Å². The van der Waals surface area contributed by atoms with Crippen molar-refractivity contribution >= 4 is 33.5 Å². The molecule has 0 bridgehead atoms. The quantitative estimate of drug-likeness (QED) is 0.364. The number of fused-ring (bicyclic) bond motifs is 2. The van der Waals surface area contributed by atoms with Gasteiger partial charge in [0.1, 0.15) is 28.9 Å². The third-order valence-corrected chi connectivity index (χ3v) is 8.71. The largest absolute Gasteiger partial charge is 0.419 e. The smallest absolute Gasteiger partial charge is 0.405 e. The number of hydrogen-bond donors (Lipinski definition) is 0. The number of nitrogens with zero attached hydrogens (tertiary/aromatic N) is 7. The summed E-state index contributed by atoms with van der Waals surface area (Å²) in [5, 5.41) is 19.4. The molecule has 10 nitrogen and oxygen atoms in total. The number of pyridine rings is 2. The van der Waals surface area contributed by atoms with Gasteiger partial charge in [-0.1, -0.05) is 6.07 Å². The van der Waals surface area contributed by atoms with Crippen molar-refractivity contribution in [3.63, 3.8) is 0 Å². The van der Waals surface area contributed by atoms with Crippen LogP contribution >= 0.6 is 0 Å². The summed E-state index contributed by atoms with van der Waals surface area (Å²) in [4.78, 5) is 34.4. The van der Waals surface area contributed by atoms with Gasteiger partial charge >= 0.3 is 5.76 Å². The molecule has 0 atom stereocenters. The Morgan fingerprint density at radius 3 is 2.35 bits per heavy atom. The zero-order valence-electron chi connectivity index (χ0n) is 22.9. The van der Waals surface area contributed by atoms with Crippen LogP contribution < -0.4 is 21.1 Å².